The molecule has 0 bridgehead atoms. The summed E-state index contributed by atoms with van der Waals surface area (Å²) in [7, 11) is 0. The summed E-state index contributed by atoms with van der Waals surface area (Å²) >= 11 is 12.1. The van der Waals surface area contributed by atoms with E-state index in [4.69, 9.17) is 37.7 Å². The Kier molecular flexibility index (Phi) is 8.73. The number of aryl methyl sites for hydroxylation is 3. The molecule has 36 heavy (non-hydrogen) atoms. The quantitative estimate of drug-likeness (QED) is 0.226. The second-order valence-corrected chi connectivity index (χ2v) is 9.43. The number of rotatable bonds is 11. The van der Waals surface area contributed by atoms with Crippen molar-refractivity contribution in [1.82, 2.24) is 14.9 Å². The monoisotopic (exact) mass is 525 g/mol. The lowest BCUT2D eigenvalue weighted by Crippen LogP contribution is -2.29. The van der Waals surface area contributed by atoms with E-state index in [1.54, 1.807) is 24.3 Å². The van der Waals surface area contributed by atoms with Crippen LogP contribution in [0.5, 0.6) is 11.5 Å². The molecule has 4 aromatic rings. The topological polar surface area (TPSA) is 65.4 Å². The van der Waals surface area contributed by atoms with Crippen molar-refractivity contribution in [3.05, 3.63) is 87.7 Å². The van der Waals surface area contributed by atoms with Crippen molar-refractivity contribution in [3.8, 4) is 11.5 Å². The zero-order valence-corrected chi connectivity index (χ0v) is 21.9. The first-order valence-corrected chi connectivity index (χ1v) is 12.6. The Morgan fingerprint density at radius 1 is 0.944 bits per heavy atom. The highest BCUT2D eigenvalue weighted by atomic mass is 35.5. The number of fused-ring (bicyclic) bond motifs is 1. The van der Waals surface area contributed by atoms with E-state index in [9.17, 15) is 4.79 Å². The van der Waals surface area contributed by atoms with Crippen LogP contribution >= 0.6 is 23.2 Å². The molecule has 0 aliphatic heterocycles. The van der Waals surface area contributed by atoms with E-state index < -0.39 is 0 Å². The average Bonchev–Trinajstić information content (AvgIpc) is 3.23. The molecule has 1 amide bonds. The Bertz CT molecular complexity index is 1310. The SMILES string of the molecule is Cc1cc(OCCCCn2c(CNC(=O)COc3ccc(Cl)cc3)nc3ccccc32)cc(C)c1Cl. The molecule has 0 spiro atoms. The highest BCUT2D eigenvalue weighted by molar-refractivity contribution is 6.32. The van der Waals surface area contributed by atoms with Crippen LogP contribution < -0.4 is 14.8 Å². The first kappa shape index (κ1) is 25.9. The molecule has 0 saturated carbocycles. The van der Waals surface area contributed by atoms with Crippen molar-refractivity contribution in [2.24, 2.45) is 0 Å². The number of carbonyl (C=O) groups is 1. The van der Waals surface area contributed by atoms with Crippen molar-refractivity contribution >= 4 is 40.1 Å². The minimum Gasteiger partial charge on any atom is -0.494 e. The number of nitrogens with zero attached hydrogens (tertiary/aromatic N) is 2. The molecule has 3 aromatic carbocycles. The van der Waals surface area contributed by atoms with Gasteiger partial charge in [0, 0.05) is 16.6 Å². The number of benzene rings is 3. The van der Waals surface area contributed by atoms with Gasteiger partial charge in [-0.3, -0.25) is 4.79 Å². The first-order valence-electron chi connectivity index (χ1n) is 11.9. The lowest BCUT2D eigenvalue weighted by molar-refractivity contribution is -0.123. The number of nitrogens with one attached hydrogen (secondary N) is 1. The van der Waals surface area contributed by atoms with E-state index in [-0.39, 0.29) is 12.5 Å². The number of unbranched alkanes of at least 4 members (excludes halogenated alkanes) is 1. The van der Waals surface area contributed by atoms with Crippen LogP contribution in [-0.4, -0.2) is 28.7 Å². The smallest absolute Gasteiger partial charge is 0.258 e. The van der Waals surface area contributed by atoms with E-state index in [0.717, 1.165) is 58.1 Å². The van der Waals surface area contributed by atoms with E-state index in [1.165, 1.54) is 0 Å². The van der Waals surface area contributed by atoms with Gasteiger partial charge in [0.05, 0.1) is 24.2 Å². The molecule has 6 nitrogen and oxygen atoms in total. The third-order valence-corrected chi connectivity index (χ3v) is 6.66. The Balaban J connectivity index is 1.30. The maximum absolute atomic E-state index is 12.4. The Labute approximate surface area is 221 Å². The second kappa shape index (κ2) is 12.2. The summed E-state index contributed by atoms with van der Waals surface area (Å²) in [5.74, 6) is 2.02. The van der Waals surface area contributed by atoms with Crippen molar-refractivity contribution < 1.29 is 14.3 Å². The number of halogens is 2. The van der Waals surface area contributed by atoms with Crippen molar-refractivity contribution in [2.45, 2.75) is 39.8 Å². The third-order valence-electron chi connectivity index (χ3n) is 5.82. The van der Waals surface area contributed by atoms with Crippen LogP contribution in [0.3, 0.4) is 0 Å². The molecule has 0 saturated heterocycles. The predicted octanol–water partition coefficient (Wildman–Crippen LogP) is 6.51. The fraction of sp³-hybridized carbons (Fsp3) is 0.286. The molecule has 0 fully saturated rings. The Hall–Kier alpha value is -3.22. The number of hydrogen-bond acceptors (Lipinski definition) is 4. The van der Waals surface area contributed by atoms with Crippen LogP contribution in [0.2, 0.25) is 10.0 Å². The van der Waals surface area contributed by atoms with E-state index in [0.29, 0.717) is 23.9 Å². The lowest BCUT2D eigenvalue weighted by atomic mass is 10.1. The van der Waals surface area contributed by atoms with Crippen LogP contribution in [-0.2, 0) is 17.9 Å². The second-order valence-electron chi connectivity index (χ2n) is 8.61. The number of aromatic nitrogens is 2. The number of amides is 1. The van der Waals surface area contributed by atoms with Gasteiger partial charge in [0.25, 0.3) is 5.91 Å². The maximum atomic E-state index is 12.4. The summed E-state index contributed by atoms with van der Waals surface area (Å²) in [5.41, 5.74) is 3.98. The van der Waals surface area contributed by atoms with Gasteiger partial charge in [0.1, 0.15) is 17.3 Å². The highest BCUT2D eigenvalue weighted by Gasteiger charge is 2.12. The lowest BCUT2D eigenvalue weighted by Gasteiger charge is -2.12. The zero-order valence-electron chi connectivity index (χ0n) is 20.4. The predicted molar refractivity (Wildman–Crippen MR) is 144 cm³/mol. The molecule has 0 aliphatic carbocycles. The normalized spacial score (nSPS) is 11.0. The van der Waals surface area contributed by atoms with Crippen LogP contribution in [0.15, 0.2) is 60.7 Å². The molecule has 4 rings (SSSR count). The molecule has 0 aliphatic rings. The minimum absolute atomic E-state index is 0.0805. The summed E-state index contributed by atoms with van der Waals surface area (Å²) in [6.45, 7) is 5.59. The molecule has 8 heteroatoms. The molecular weight excluding hydrogens is 497 g/mol. The maximum Gasteiger partial charge on any atom is 0.258 e. The molecule has 1 aromatic heterocycles. The Morgan fingerprint density at radius 2 is 1.67 bits per heavy atom. The number of imidazole rings is 1. The van der Waals surface area contributed by atoms with Gasteiger partial charge in [0.2, 0.25) is 0 Å². The van der Waals surface area contributed by atoms with Gasteiger partial charge in [-0.2, -0.15) is 0 Å². The van der Waals surface area contributed by atoms with E-state index in [1.807, 2.05) is 50.2 Å². The van der Waals surface area contributed by atoms with Crippen LogP contribution in [0.1, 0.15) is 29.8 Å². The average molecular weight is 526 g/mol. The number of ether oxygens (including phenoxy) is 2. The molecule has 0 unspecified atom stereocenters. The molecule has 0 radical (unpaired) electrons. The standard InChI is InChI=1S/C28H29Cl2N3O3/c1-19-15-23(16-20(2)28(19)30)35-14-6-5-13-33-25-8-4-3-7-24(25)32-26(33)17-31-27(34)18-36-22-11-9-21(29)10-12-22/h3-4,7-12,15-16H,5-6,13-14,17-18H2,1-2H3,(H,31,34). The van der Waals surface area contributed by atoms with Crippen molar-refractivity contribution in [1.29, 1.82) is 0 Å². The van der Waals surface area contributed by atoms with Gasteiger partial charge in [-0.05, 0) is 86.3 Å². The van der Waals surface area contributed by atoms with Gasteiger partial charge in [0.15, 0.2) is 6.61 Å². The summed E-state index contributed by atoms with van der Waals surface area (Å²) in [5, 5.41) is 4.31. The summed E-state index contributed by atoms with van der Waals surface area (Å²) in [6, 6.07) is 18.8. The summed E-state index contributed by atoms with van der Waals surface area (Å²) in [4.78, 5) is 17.1. The number of para-hydroxylation sites is 2. The van der Waals surface area contributed by atoms with Crippen LogP contribution in [0.4, 0.5) is 0 Å². The fourth-order valence-corrected chi connectivity index (χ4v) is 4.20. The first-order chi connectivity index (χ1) is 17.4. The van der Waals surface area contributed by atoms with Gasteiger partial charge in [-0.15, -0.1) is 0 Å². The number of carbonyl (C=O) groups excluding carboxylic acids is 1. The van der Waals surface area contributed by atoms with Gasteiger partial charge >= 0.3 is 0 Å². The summed E-state index contributed by atoms with van der Waals surface area (Å²) in [6.07, 6.45) is 1.79. The van der Waals surface area contributed by atoms with Gasteiger partial charge < -0.3 is 19.4 Å². The van der Waals surface area contributed by atoms with Crippen LogP contribution in [0, 0.1) is 13.8 Å². The van der Waals surface area contributed by atoms with E-state index in [2.05, 4.69) is 9.88 Å². The van der Waals surface area contributed by atoms with Gasteiger partial charge in [-0.25, -0.2) is 4.98 Å². The Morgan fingerprint density at radius 3 is 2.42 bits per heavy atom. The van der Waals surface area contributed by atoms with E-state index >= 15 is 0 Å². The molecule has 1 N–H and O–H groups in total. The zero-order chi connectivity index (χ0) is 25.5. The number of hydrogen-bond donors (Lipinski definition) is 1. The fourth-order valence-electron chi connectivity index (χ4n) is 3.97. The van der Waals surface area contributed by atoms with Crippen molar-refractivity contribution in [3.63, 3.8) is 0 Å². The molecular formula is C28H29Cl2N3O3. The van der Waals surface area contributed by atoms with Crippen LogP contribution in [0.25, 0.3) is 11.0 Å². The molecule has 188 valence electrons. The van der Waals surface area contributed by atoms with Gasteiger partial charge in [-0.1, -0.05) is 35.3 Å². The third kappa shape index (κ3) is 6.71. The molecule has 0 atom stereocenters. The molecule has 1 heterocycles. The highest BCUT2D eigenvalue weighted by Crippen LogP contribution is 2.26. The summed E-state index contributed by atoms with van der Waals surface area (Å²) < 4.78 is 13.6. The minimum atomic E-state index is -0.217. The largest absolute Gasteiger partial charge is 0.494 e. The van der Waals surface area contributed by atoms with Crippen molar-refractivity contribution in [2.75, 3.05) is 13.2 Å².